The van der Waals surface area contributed by atoms with E-state index in [2.05, 4.69) is 13.8 Å². The lowest BCUT2D eigenvalue weighted by Crippen LogP contribution is -2.46. The van der Waals surface area contributed by atoms with Gasteiger partial charge in [-0.3, -0.25) is 0 Å². The standard InChI is InChI=1S/C11H18OS/c1-8-4-3-5-9-6-10(13)12-7-11(8,9)2/h8-9H,3-7H2,1-2H3/t8-,9+,11+/m0/s1. The Morgan fingerprint density at radius 1 is 1.46 bits per heavy atom. The van der Waals surface area contributed by atoms with Crippen molar-refractivity contribution in [2.75, 3.05) is 6.61 Å². The van der Waals surface area contributed by atoms with Crippen molar-refractivity contribution in [2.24, 2.45) is 17.3 Å². The fourth-order valence-corrected chi connectivity index (χ4v) is 3.08. The van der Waals surface area contributed by atoms with E-state index in [1.807, 2.05) is 0 Å². The molecule has 1 saturated carbocycles. The molecule has 2 fully saturated rings. The average Bonchev–Trinajstić information content (AvgIpc) is 2.09. The molecule has 0 aromatic heterocycles. The van der Waals surface area contributed by atoms with Gasteiger partial charge in [0.2, 0.25) is 0 Å². The Hall–Kier alpha value is -0.110. The monoisotopic (exact) mass is 198 g/mol. The summed E-state index contributed by atoms with van der Waals surface area (Å²) in [4.78, 5) is 0. The summed E-state index contributed by atoms with van der Waals surface area (Å²) in [5, 5.41) is 0.844. The molecular weight excluding hydrogens is 180 g/mol. The van der Waals surface area contributed by atoms with Gasteiger partial charge in [-0.1, -0.05) is 26.7 Å². The highest BCUT2D eigenvalue weighted by Crippen LogP contribution is 2.49. The molecule has 1 aliphatic carbocycles. The van der Waals surface area contributed by atoms with Crippen molar-refractivity contribution in [1.29, 1.82) is 0 Å². The third-order valence-electron chi connectivity index (χ3n) is 4.21. The Morgan fingerprint density at radius 2 is 2.23 bits per heavy atom. The van der Waals surface area contributed by atoms with E-state index >= 15 is 0 Å². The van der Waals surface area contributed by atoms with Crippen LogP contribution in [-0.2, 0) is 4.74 Å². The molecule has 3 atom stereocenters. The first-order valence-electron chi connectivity index (χ1n) is 5.28. The van der Waals surface area contributed by atoms with Crippen molar-refractivity contribution in [2.45, 2.75) is 39.5 Å². The molecule has 0 radical (unpaired) electrons. The molecule has 0 bridgehead atoms. The maximum absolute atomic E-state index is 5.55. The summed E-state index contributed by atoms with van der Waals surface area (Å²) < 4.78 is 5.55. The van der Waals surface area contributed by atoms with Crippen LogP contribution in [0.25, 0.3) is 0 Å². The second-order valence-electron chi connectivity index (χ2n) is 4.90. The van der Waals surface area contributed by atoms with E-state index in [1.165, 1.54) is 19.3 Å². The third-order valence-corrected chi connectivity index (χ3v) is 4.49. The predicted octanol–water partition coefficient (Wildman–Crippen LogP) is 3.18. The van der Waals surface area contributed by atoms with Crippen molar-refractivity contribution in [1.82, 2.24) is 0 Å². The van der Waals surface area contributed by atoms with E-state index in [1.54, 1.807) is 0 Å². The van der Waals surface area contributed by atoms with Gasteiger partial charge in [-0.2, -0.15) is 0 Å². The molecule has 74 valence electrons. The molecule has 0 spiro atoms. The summed E-state index contributed by atoms with van der Waals surface area (Å²) in [7, 11) is 0. The highest BCUT2D eigenvalue weighted by molar-refractivity contribution is 7.80. The quantitative estimate of drug-likeness (QED) is 0.553. The molecule has 1 aliphatic heterocycles. The molecule has 2 heteroatoms. The van der Waals surface area contributed by atoms with Crippen LogP contribution in [0.5, 0.6) is 0 Å². The average molecular weight is 198 g/mol. The number of thiocarbonyl (C=S) groups is 1. The van der Waals surface area contributed by atoms with E-state index in [0.717, 1.165) is 29.9 Å². The third kappa shape index (κ3) is 1.50. The topological polar surface area (TPSA) is 9.23 Å². The minimum Gasteiger partial charge on any atom is -0.486 e. The van der Waals surface area contributed by atoms with Crippen LogP contribution in [0.15, 0.2) is 0 Å². The Labute approximate surface area is 85.8 Å². The second kappa shape index (κ2) is 3.23. The van der Waals surface area contributed by atoms with Crippen LogP contribution in [0, 0.1) is 17.3 Å². The summed E-state index contributed by atoms with van der Waals surface area (Å²) in [5.74, 6) is 1.59. The Kier molecular flexibility index (Phi) is 2.35. The molecule has 0 aromatic carbocycles. The van der Waals surface area contributed by atoms with Crippen LogP contribution < -0.4 is 0 Å². The lowest BCUT2D eigenvalue weighted by atomic mass is 9.60. The normalized spacial score (nSPS) is 45.2. The molecule has 0 aromatic rings. The maximum atomic E-state index is 5.55. The molecule has 1 nitrogen and oxygen atoms in total. The molecular formula is C11H18OS. The van der Waals surface area contributed by atoms with E-state index in [9.17, 15) is 0 Å². The second-order valence-corrected chi connectivity index (χ2v) is 5.35. The molecule has 0 N–H and O–H groups in total. The number of rotatable bonds is 0. The van der Waals surface area contributed by atoms with Gasteiger partial charge in [0.1, 0.15) is 0 Å². The SMILES string of the molecule is C[C@H]1CCC[C@@H]2CC(=S)OC[C@@]21C. The first-order valence-corrected chi connectivity index (χ1v) is 5.69. The van der Waals surface area contributed by atoms with Crippen LogP contribution in [0.3, 0.4) is 0 Å². The summed E-state index contributed by atoms with van der Waals surface area (Å²) in [6.07, 6.45) is 5.12. The van der Waals surface area contributed by atoms with Crippen molar-refractivity contribution >= 4 is 17.3 Å². The summed E-state index contributed by atoms with van der Waals surface area (Å²) in [6, 6.07) is 0. The van der Waals surface area contributed by atoms with Gasteiger partial charge in [0.15, 0.2) is 5.05 Å². The smallest absolute Gasteiger partial charge is 0.160 e. The Morgan fingerprint density at radius 3 is 3.00 bits per heavy atom. The molecule has 1 heterocycles. The van der Waals surface area contributed by atoms with Crippen molar-refractivity contribution in [3.63, 3.8) is 0 Å². The molecule has 1 saturated heterocycles. The highest BCUT2D eigenvalue weighted by atomic mass is 32.1. The van der Waals surface area contributed by atoms with Crippen molar-refractivity contribution < 1.29 is 4.74 Å². The minimum absolute atomic E-state index is 0.403. The first kappa shape index (κ1) is 9.45. The molecule has 2 aliphatic rings. The molecule has 0 amide bonds. The van der Waals surface area contributed by atoms with Gasteiger partial charge in [-0.05, 0) is 30.5 Å². The van der Waals surface area contributed by atoms with Gasteiger partial charge < -0.3 is 4.74 Å². The van der Waals surface area contributed by atoms with Gasteiger partial charge >= 0.3 is 0 Å². The van der Waals surface area contributed by atoms with Crippen LogP contribution in [0.2, 0.25) is 0 Å². The highest BCUT2D eigenvalue weighted by Gasteiger charge is 2.45. The molecule has 0 unspecified atom stereocenters. The Bertz CT molecular complexity index is 226. The zero-order chi connectivity index (χ0) is 9.47. The van der Waals surface area contributed by atoms with Crippen LogP contribution >= 0.6 is 12.2 Å². The summed E-state index contributed by atoms with van der Waals surface area (Å²) >= 11 is 5.14. The number of fused-ring (bicyclic) bond motifs is 1. The first-order chi connectivity index (χ1) is 6.13. The van der Waals surface area contributed by atoms with Crippen molar-refractivity contribution in [3.8, 4) is 0 Å². The molecule has 13 heavy (non-hydrogen) atoms. The zero-order valence-corrected chi connectivity index (χ0v) is 9.32. The number of ether oxygens (including phenoxy) is 1. The van der Waals surface area contributed by atoms with E-state index < -0.39 is 0 Å². The van der Waals surface area contributed by atoms with E-state index in [-0.39, 0.29) is 0 Å². The van der Waals surface area contributed by atoms with Crippen LogP contribution in [0.4, 0.5) is 0 Å². The van der Waals surface area contributed by atoms with Crippen LogP contribution in [-0.4, -0.2) is 11.7 Å². The minimum atomic E-state index is 0.403. The predicted molar refractivity (Wildman–Crippen MR) is 57.8 cm³/mol. The number of hydrogen-bond donors (Lipinski definition) is 0. The van der Waals surface area contributed by atoms with Gasteiger partial charge in [-0.25, -0.2) is 0 Å². The largest absolute Gasteiger partial charge is 0.486 e. The fraction of sp³-hybridized carbons (Fsp3) is 0.909. The van der Waals surface area contributed by atoms with E-state index in [4.69, 9.17) is 17.0 Å². The number of hydrogen-bond acceptors (Lipinski definition) is 2. The lowest BCUT2D eigenvalue weighted by Gasteiger charge is -2.48. The fourth-order valence-electron chi connectivity index (χ4n) is 2.82. The zero-order valence-electron chi connectivity index (χ0n) is 8.51. The van der Waals surface area contributed by atoms with Gasteiger partial charge in [0, 0.05) is 11.8 Å². The van der Waals surface area contributed by atoms with E-state index in [0.29, 0.717) is 5.41 Å². The lowest BCUT2D eigenvalue weighted by molar-refractivity contribution is -0.0219. The summed E-state index contributed by atoms with van der Waals surface area (Å²) in [6.45, 7) is 5.60. The Balaban J connectivity index is 2.17. The van der Waals surface area contributed by atoms with Gasteiger partial charge in [-0.15, -0.1) is 0 Å². The van der Waals surface area contributed by atoms with Crippen molar-refractivity contribution in [3.05, 3.63) is 0 Å². The van der Waals surface area contributed by atoms with Crippen LogP contribution in [0.1, 0.15) is 39.5 Å². The summed E-state index contributed by atoms with van der Waals surface area (Å²) in [5.41, 5.74) is 0.403. The van der Waals surface area contributed by atoms with Gasteiger partial charge in [0.05, 0.1) is 6.61 Å². The maximum Gasteiger partial charge on any atom is 0.160 e. The van der Waals surface area contributed by atoms with Gasteiger partial charge in [0.25, 0.3) is 0 Å². The molecule has 2 rings (SSSR count).